The summed E-state index contributed by atoms with van der Waals surface area (Å²) in [5.41, 5.74) is 0.696. The van der Waals surface area contributed by atoms with Gasteiger partial charge in [0.05, 0.1) is 0 Å². The minimum Gasteiger partial charge on any atom is -0.246 e. The van der Waals surface area contributed by atoms with Crippen LogP contribution in [0, 0.1) is 5.82 Å². The highest BCUT2D eigenvalue weighted by Crippen LogP contribution is 2.15. The fourth-order valence-corrected chi connectivity index (χ4v) is 1.10. The van der Waals surface area contributed by atoms with Crippen LogP contribution in [0.2, 0.25) is 0 Å². The van der Waals surface area contributed by atoms with Crippen molar-refractivity contribution in [2.45, 2.75) is 13.3 Å². The van der Waals surface area contributed by atoms with Crippen molar-refractivity contribution in [3.63, 3.8) is 0 Å². The summed E-state index contributed by atoms with van der Waals surface area (Å²) in [6.45, 7) is 1.91. The molecule has 0 fully saturated rings. The van der Waals surface area contributed by atoms with Gasteiger partial charge in [-0.25, -0.2) is 9.37 Å². The zero-order valence-electron chi connectivity index (χ0n) is 5.56. The molecule has 0 aliphatic carbocycles. The molecule has 0 saturated carbocycles. The van der Waals surface area contributed by atoms with Gasteiger partial charge in [-0.3, -0.25) is 0 Å². The van der Waals surface area contributed by atoms with Gasteiger partial charge >= 0.3 is 0 Å². The van der Waals surface area contributed by atoms with Crippen molar-refractivity contribution in [2.24, 2.45) is 0 Å². The molecular formula is C7H7BrFN. The van der Waals surface area contributed by atoms with Crippen molar-refractivity contribution in [3.8, 4) is 0 Å². The van der Waals surface area contributed by atoms with Crippen molar-refractivity contribution in [2.75, 3.05) is 0 Å². The average molecular weight is 204 g/mol. The Morgan fingerprint density at radius 2 is 2.40 bits per heavy atom. The lowest BCUT2D eigenvalue weighted by Gasteiger charge is -1.98. The van der Waals surface area contributed by atoms with Gasteiger partial charge in [-0.2, -0.15) is 0 Å². The lowest BCUT2D eigenvalue weighted by molar-refractivity contribution is 0.597. The second-order valence-corrected chi connectivity index (χ2v) is 2.68. The largest absolute Gasteiger partial charge is 0.246 e. The number of aromatic nitrogens is 1. The molecule has 0 N–H and O–H groups in total. The number of rotatable bonds is 1. The molecule has 0 spiro atoms. The van der Waals surface area contributed by atoms with Gasteiger partial charge in [0.15, 0.2) is 5.82 Å². The van der Waals surface area contributed by atoms with Gasteiger partial charge in [0.2, 0.25) is 0 Å². The summed E-state index contributed by atoms with van der Waals surface area (Å²) in [5.74, 6) is -0.245. The standard InChI is InChI=1S/C7H7BrFN/c1-2-5-3-4-10-7(8)6(5)9/h3-4H,2H2,1H3. The molecule has 0 saturated heterocycles. The minimum atomic E-state index is -0.245. The van der Waals surface area contributed by atoms with E-state index in [4.69, 9.17) is 0 Å². The first kappa shape index (κ1) is 7.66. The van der Waals surface area contributed by atoms with Crippen LogP contribution in [0.3, 0.4) is 0 Å². The molecule has 3 heteroatoms. The first-order chi connectivity index (χ1) is 4.75. The van der Waals surface area contributed by atoms with E-state index in [0.29, 0.717) is 16.6 Å². The minimum absolute atomic E-state index is 0.245. The first-order valence-corrected chi connectivity index (χ1v) is 3.84. The Hall–Kier alpha value is -0.440. The van der Waals surface area contributed by atoms with Gasteiger partial charge in [-0.05, 0) is 34.0 Å². The molecule has 1 aromatic heterocycles. The van der Waals surface area contributed by atoms with Crippen LogP contribution in [0.25, 0.3) is 0 Å². The fraction of sp³-hybridized carbons (Fsp3) is 0.286. The highest BCUT2D eigenvalue weighted by Gasteiger charge is 2.03. The SMILES string of the molecule is CCc1ccnc(Br)c1F. The Balaban J connectivity index is 3.14. The maximum Gasteiger partial charge on any atom is 0.159 e. The van der Waals surface area contributed by atoms with E-state index in [2.05, 4.69) is 20.9 Å². The summed E-state index contributed by atoms with van der Waals surface area (Å²) >= 11 is 3.00. The molecule has 0 aromatic carbocycles. The molecule has 1 heterocycles. The predicted molar refractivity (Wildman–Crippen MR) is 41.3 cm³/mol. The Kier molecular flexibility index (Phi) is 2.38. The Morgan fingerprint density at radius 3 is 2.90 bits per heavy atom. The Bertz CT molecular complexity index is 237. The molecule has 0 radical (unpaired) electrons. The number of hydrogen-bond donors (Lipinski definition) is 0. The molecule has 0 aliphatic rings. The van der Waals surface area contributed by atoms with E-state index in [1.54, 1.807) is 12.3 Å². The summed E-state index contributed by atoms with van der Waals surface area (Å²) in [7, 11) is 0. The molecule has 54 valence electrons. The lowest BCUT2D eigenvalue weighted by atomic mass is 10.2. The summed E-state index contributed by atoms with van der Waals surface area (Å²) < 4.78 is 13.2. The van der Waals surface area contributed by atoms with E-state index in [9.17, 15) is 4.39 Å². The van der Waals surface area contributed by atoms with Crippen LogP contribution in [-0.4, -0.2) is 4.98 Å². The maximum atomic E-state index is 12.9. The zero-order valence-corrected chi connectivity index (χ0v) is 7.15. The molecule has 0 atom stereocenters. The third kappa shape index (κ3) is 1.34. The number of pyridine rings is 1. The molecule has 0 unspecified atom stereocenters. The zero-order chi connectivity index (χ0) is 7.56. The Morgan fingerprint density at radius 1 is 1.70 bits per heavy atom. The van der Waals surface area contributed by atoms with Crippen molar-refractivity contribution in [1.82, 2.24) is 4.98 Å². The quantitative estimate of drug-likeness (QED) is 0.640. The molecule has 1 nitrogen and oxygen atoms in total. The molecule has 0 bridgehead atoms. The van der Waals surface area contributed by atoms with Crippen molar-refractivity contribution in [1.29, 1.82) is 0 Å². The summed E-state index contributed by atoms with van der Waals surface area (Å²) in [5, 5.41) is 0. The maximum absolute atomic E-state index is 12.9. The van der Waals surface area contributed by atoms with Crippen LogP contribution in [-0.2, 0) is 6.42 Å². The second-order valence-electron chi connectivity index (χ2n) is 1.93. The van der Waals surface area contributed by atoms with Crippen molar-refractivity contribution >= 4 is 15.9 Å². The summed E-state index contributed by atoms with van der Waals surface area (Å²) in [4.78, 5) is 3.73. The molecule has 1 rings (SSSR count). The van der Waals surface area contributed by atoms with Crippen LogP contribution in [0.4, 0.5) is 4.39 Å². The van der Waals surface area contributed by atoms with E-state index in [0.717, 1.165) is 0 Å². The number of halogens is 2. The van der Waals surface area contributed by atoms with E-state index >= 15 is 0 Å². The van der Waals surface area contributed by atoms with Crippen LogP contribution in [0.15, 0.2) is 16.9 Å². The van der Waals surface area contributed by atoms with E-state index in [1.165, 1.54) is 0 Å². The number of nitrogens with zero attached hydrogens (tertiary/aromatic N) is 1. The molecule has 0 aliphatic heterocycles. The van der Waals surface area contributed by atoms with Crippen LogP contribution in [0.5, 0.6) is 0 Å². The van der Waals surface area contributed by atoms with E-state index in [-0.39, 0.29) is 5.82 Å². The van der Waals surface area contributed by atoms with Gasteiger partial charge < -0.3 is 0 Å². The van der Waals surface area contributed by atoms with Crippen LogP contribution >= 0.6 is 15.9 Å². The van der Waals surface area contributed by atoms with Crippen molar-refractivity contribution in [3.05, 3.63) is 28.2 Å². The summed E-state index contributed by atoms with van der Waals surface area (Å²) in [6, 6.07) is 1.68. The third-order valence-electron chi connectivity index (χ3n) is 1.31. The van der Waals surface area contributed by atoms with Gasteiger partial charge in [0, 0.05) is 6.20 Å². The van der Waals surface area contributed by atoms with Gasteiger partial charge in [0.25, 0.3) is 0 Å². The van der Waals surface area contributed by atoms with E-state index in [1.807, 2.05) is 6.92 Å². The van der Waals surface area contributed by atoms with Gasteiger partial charge in [-0.15, -0.1) is 0 Å². The lowest BCUT2D eigenvalue weighted by Crippen LogP contribution is -1.90. The smallest absolute Gasteiger partial charge is 0.159 e. The average Bonchev–Trinajstić information content (AvgIpc) is 1.95. The van der Waals surface area contributed by atoms with Crippen molar-refractivity contribution < 1.29 is 4.39 Å². The first-order valence-electron chi connectivity index (χ1n) is 3.04. The highest BCUT2D eigenvalue weighted by molar-refractivity contribution is 9.10. The second kappa shape index (κ2) is 3.10. The van der Waals surface area contributed by atoms with Gasteiger partial charge in [0.1, 0.15) is 4.60 Å². The predicted octanol–water partition coefficient (Wildman–Crippen LogP) is 2.55. The third-order valence-corrected chi connectivity index (χ3v) is 1.86. The number of hydrogen-bond acceptors (Lipinski definition) is 1. The van der Waals surface area contributed by atoms with Crippen LogP contribution < -0.4 is 0 Å². The molecule has 1 aromatic rings. The van der Waals surface area contributed by atoms with Gasteiger partial charge in [-0.1, -0.05) is 6.92 Å². The molecular weight excluding hydrogens is 197 g/mol. The molecule has 10 heavy (non-hydrogen) atoms. The highest BCUT2D eigenvalue weighted by atomic mass is 79.9. The normalized spacial score (nSPS) is 9.90. The Labute approximate surface area is 67.4 Å². The number of aryl methyl sites for hydroxylation is 1. The van der Waals surface area contributed by atoms with Crippen LogP contribution in [0.1, 0.15) is 12.5 Å². The monoisotopic (exact) mass is 203 g/mol. The topological polar surface area (TPSA) is 12.9 Å². The molecule has 0 amide bonds. The summed E-state index contributed by atoms with van der Waals surface area (Å²) in [6.07, 6.45) is 2.29. The van der Waals surface area contributed by atoms with E-state index < -0.39 is 0 Å². The fourth-order valence-electron chi connectivity index (χ4n) is 0.728.